The summed E-state index contributed by atoms with van der Waals surface area (Å²) in [6.07, 6.45) is 5.22. The first-order chi connectivity index (χ1) is 9.69. The van der Waals surface area contributed by atoms with Gasteiger partial charge in [0.25, 0.3) is 0 Å². The average Bonchev–Trinajstić information content (AvgIpc) is 2.45. The lowest BCUT2D eigenvalue weighted by molar-refractivity contribution is 0.296. The predicted molar refractivity (Wildman–Crippen MR) is 90.3 cm³/mol. The number of rotatable bonds is 10. The minimum atomic E-state index is 0.560. The molecule has 0 aliphatic rings. The van der Waals surface area contributed by atoms with E-state index in [4.69, 9.17) is 0 Å². The molecule has 0 bridgehead atoms. The molecule has 0 aromatic heterocycles. The third-order valence-electron chi connectivity index (χ3n) is 3.88. The van der Waals surface area contributed by atoms with Crippen LogP contribution in [-0.2, 0) is 6.54 Å². The fourth-order valence-corrected chi connectivity index (χ4v) is 2.52. The molecule has 1 atom stereocenters. The van der Waals surface area contributed by atoms with Gasteiger partial charge in [-0.2, -0.15) is 0 Å². The summed E-state index contributed by atoms with van der Waals surface area (Å²) in [6, 6.07) is 9.44. The highest BCUT2D eigenvalue weighted by Crippen LogP contribution is 2.15. The number of nitrogens with zero attached hydrogens (tertiary/aromatic N) is 1. The van der Waals surface area contributed by atoms with Crippen molar-refractivity contribution in [3.05, 3.63) is 29.8 Å². The Hall–Kier alpha value is -1.02. The third kappa shape index (κ3) is 6.42. The summed E-state index contributed by atoms with van der Waals surface area (Å²) in [7, 11) is 0. The summed E-state index contributed by atoms with van der Waals surface area (Å²) in [5, 5.41) is 3.63. The highest BCUT2D eigenvalue weighted by Gasteiger charge is 2.04. The predicted octanol–water partition coefficient (Wildman–Crippen LogP) is 4.91. The number of benzene rings is 1. The highest BCUT2D eigenvalue weighted by atomic mass is 15.1. The fraction of sp³-hybridized carbons (Fsp3) is 0.667. The molecule has 1 rings (SSSR count). The van der Waals surface area contributed by atoms with Gasteiger partial charge < -0.3 is 5.32 Å². The lowest BCUT2D eigenvalue weighted by Crippen LogP contribution is -2.22. The zero-order chi connectivity index (χ0) is 14.8. The van der Waals surface area contributed by atoms with E-state index in [2.05, 4.69) is 62.2 Å². The van der Waals surface area contributed by atoms with Gasteiger partial charge in [0, 0.05) is 18.3 Å². The standard InChI is InChI=1S/C18H32N2/c1-5-8-9-11-16(4)19-18-13-10-12-17(14-18)15-20(6-2)7-3/h10,12-14,16,19H,5-9,11,15H2,1-4H3. The fourth-order valence-electron chi connectivity index (χ4n) is 2.52. The molecule has 1 N–H and O–H groups in total. The minimum absolute atomic E-state index is 0.560. The maximum absolute atomic E-state index is 3.63. The second kappa shape index (κ2) is 9.82. The Morgan fingerprint density at radius 2 is 1.85 bits per heavy atom. The van der Waals surface area contributed by atoms with E-state index < -0.39 is 0 Å². The zero-order valence-corrected chi connectivity index (χ0v) is 13.8. The second-order valence-electron chi connectivity index (χ2n) is 5.70. The van der Waals surface area contributed by atoms with E-state index in [0.29, 0.717) is 6.04 Å². The van der Waals surface area contributed by atoms with E-state index in [1.54, 1.807) is 0 Å². The van der Waals surface area contributed by atoms with Crippen LogP contribution in [0.5, 0.6) is 0 Å². The molecule has 0 spiro atoms. The lowest BCUT2D eigenvalue weighted by Gasteiger charge is -2.19. The average molecular weight is 276 g/mol. The van der Waals surface area contributed by atoms with Crippen molar-refractivity contribution in [3.63, 3.8) is 0 Å². The number of nitrogens with one attached hydrogen (secondary N) is 1. The maximum atomic E-state index is 3.63. The van der Waals surface area contributed by atoms with Crippen molar-refractivity contribution in [3.8, 4) is 0 Å². The van der Waals surface area contributed by atoms with E-state index in [1.165, 1.54) is 36.9 Å². The van der Waals surface area contributed by atoms with Gasteiger partial charge in [-0.1, -0.05) is 52.2 Å². The molecule has 1 aromatic carbocycles. The van der Waals surface area contributed by atoms with Gasteiger partial charge in [0.05, 0.1) is 0 Å². The number of hydrogen-bond acceptors (Lipinski definition) is 2. The molecule has 0 amide bonds. The van der Waals surface area contributed by atoms with Gasteiger partial charge in [-0.05, 0) is 44.1 Å². The Kier molecular flexibility index (Phi) is 8.36. The van der Waals surface area contributed by atoms with Crippen molar-refractivity contribution in [1.29, 1.82) is 0 Å². The normalized spacial score (nSPS) is 12.7. The molecule has 1 unspecified atom stereocenters. The second-order valence-corrected chi connectivity index (χ2v) is 5.70. The van der Waals surface area contributed by atoms with Crippen molar-refractivity contribution >= 4 is 5.69 Å². The molecule has 20 heavy (non-hydrogen) atoms. The molecule has 0 aliphatic carbocycles. The summed E-state index contributed by atoms with van der Waals surface area (Å²) in [6.45, 7) is 12.3. The van der Waals surface area contributed by atoms with Gasteiger partial charge in [0.2, 0.25) is 0 Å². The van der Waals surface area contributed by atoms with Crippen LogP contribution in [0.3, 0.4) is 0 Å². The Balaban J connectivity index is 2.50. The van der Waals surface area contributed by atoms with Gasteiger partial charge in [0.1, 0.15) is 0 Å². The molecule has 0 radical (unpaired) electrons. The van der Waals surface area contributed by atoms with E-state index in [-0.39, 0.29) is 0 Å². The summed E-state index contributed by atoms with van der Waals surface area (Å²) in [5.74, 6) is 0. The van der Waals surface area contributed by atoms with Crippen molar-refractivity contribution in [2.75, 3.05) is 18.4 Å². The summed E-state index contributed by atoms with van der Waals surface area (Å²) < 4.78 is 0. The van der Waals surface area contributed by atoms with Crippen molar-refractivity contribution < 1.29 is 0 Å². The molecule has 2 nitrogen and oxygen atoms in total. The van der Waals surface area contributed by atoms with Gasteiger partial charge in [-0.15, -0.1) is 0 Å². The molecular formula is C18H32N2. The van der Waals surface area contributed by atoms with Crippen molar-refractivity contribution in [1.82, 2.24) is 4.90 Å². The summed E-state index contributed by atoms with van der Waals surface area (Å²) in [4.78, 5) is 2.45. The summed E-state index contributed by atoms with van der Waals surface area (Å²) >= 11 is 0. The molecule has 0 heterocycles. The first-order valence-electron chi connectivity index (χ1n) is 8.27. The van der Waals surface area contributed by atoms with E-state index in [1.807, 2.05) is 0 Å². The highest BCUT2D eigenvalue weighted by molar-refractivity contribution is 5.46. The monoisotopic (exact) mass is 276 g/mol. The van der Waals surface area contributed by atoms with Crippen LogP contribution >= 0.6 is 0 Å². The summed E-state index contributed by atoms with van der Waals surface area (Å²) in [5.41, 5.74) is 2.66. The smallest absolute Gasteiger partial charge is 0.0345 e. The topological polar surface area (TPSA) is 15.3 Å². The van der Waals surface area contributed by atoms with Crippen LogP contribution in [0.1, 0.15) is 58.9 Å². The molecule has 0 saturated carbocycles. The van der Waals surface area contributed by atoms with Gasteiger partial charge in [0.15, 0.2) is 0 Å². The number of hydrogen-bond donors (Lipinski definition) is 1. The van der Waals surface area contributed by atoms with Crippen molar-refractivity contribution in [2.24, 2.45) is 0 Å². The maximum Gasteiger partial charge on any atom is 0.0345 e. The van der Waals surface area contributed by atoms with Crippen LogP contribution in [-0.4, -0.2) is 24.0 Å². The Labute approximate surface area is 125 Å². The molecule has 0 aliphatic heterocycles. The third-order valence-corrected chi connectivity index (χ3v) is 3.88. The van der Waals surface area contributed by atoms with E-state index >= 15 is 0 Å². The zero-order valence-electron chi connectivity index (χ0n) is 13.8. The van der Waals surface area contributed by atoms with E-state index in [9.17, 15) is 0 Å². The van der Waals surface area contributed by atoms with Gasteiger partial charge >= 0.3 is 0 Å². The largest absolute Gasteiger partial charge is 0.383 e. The quantitative estimate of drug-likeness (QED) is 0.611. The first kappa shape index (κ1) is 17.0. The molecule has 114 valence electrons. The molecule has 0 saturated heterocycles. The molecule has 0 fully saturated rings. The van der Waals surface area contributed by atoms with Crippen LogP contribution in [0.2, 0.25) is 0 Å². The van der Waals surface area contributed by atoms with Gasteiger partial charge in [-0.25, -0.2) is 0 Å². The SMILES string of the molecule is CCCCCC(C)Nc1cccc(CN(CC)CC)c1. The van der Waals surface area contributed by atoms with Crippen molar-refractivity contribution in [2.45, 2.75) is 66.0 Å². The van der Waals surface area contributed by atoms with Crippen LogP contribution in [0, 0.1) is 0 Å². The molecule has 1 aromatic rings. The first-order valence-corrected chi connectivity index (χ1v) is 8.27. The van der Waals surface area contributed by atoms with E-state index in [0.717, 1.165) is 19.6 Å². The van der Waals surface area contributed by atoms with Gasteiger partial charge in [-0.3, -0.25) is 4.90 Å². The Morgan fingerprint density at radius 3 is 2.50 bits per heavy atom. The van der Waals surface area contributed by atoms with Crippen LogP contribution in [0.25, 0.3) is 0 Å². The van der Waals surface area contributed by atoms with Crippen LogP contribution < -0.4 is 5.32 Å². The number of anilines is 1. The minimum Gasteiger partial charge on any atom is -0.383 e. The Morgan fingerprint density at radius 1 is 1.10 bits per heavy atom. The number of unbranched alkanes of at least 4 members (excludes halogenated alkanes) is 2. The Bertz CT molecular complexity index is 358. The molecular weight excluding hydrogens is 244 g/mol. The molecule has 2 heteroatoms. The van der Waals surface area contributed by atoms with Crippen LogP contribution in [0.15, 0.2) is 24.3 Å². The lowest BCUT2D eigenvalue weighted by atomic mass is 10.1. The van der Waals surface area contributed by atoms with Crippen LogP contribution in [0.4, 0.5) is 5.69 Å².